The van der Waals surface area contributed by atoms with Gasteiger partial charge in [-0.05, 0) is 43.2 Å². The number of anilines is 2. The number of aryl methyl sites for hydroxylation is 1. The Morgan fingerprint density at radius 2 is 1.96 bits per heavy atom. The van der Waals surface area contributed by atoms with Crippen molar-refractivity contribution in [2.24, 2.45) is 0 Å². The summed E-state index contributed by atoms with van der Waals surface area (Å²) in [5, 5.41) is 13.9. The summed E-state index contributed by atoms with van der Waals surface area (Å²) in [7, 11) is 0. The lowest BCUT2D eigenvalue weighted by Gasteiger charge is -2.10. The number of aromatic nitrogens is 2. The molecule has 0 bridgehead atoms. The molecule has 0 saturated heterocycles. The van der Waals surface area contributed by atoms with Crippen molar-refractivity contribution in [3.63, 3.8) is 0 Å². The first-order valence-corrected chi connectivity index (χ1v) is 8.19. The van der Waals surface area contributed by atoms with E-state index in [2.05, 4.69) is 25.3 Å². The van der Waals surface area contributed by atoms with Gasteiger partial charge in [0.2, 0.25) is 0 Å². The third-order valence-corrected chi connectivity index (χ3v) is 3.82. The van der Waals surface area contributed by atoms with E-state index < -0.39 is 6.36 Å². The number of hydrogen-bond donors (Lipinski definition) is 3. The lowest BCUT2D eigenvalue weighted by Crippen LogP contribution is -2.16. The third kappa shape index (κ3) is 6.78. The normalized spacial score (nSPS) is 11.8. The van der Waals surface area contributed by atoms with Crippen molar-refractivity contribution in [1.29, 1.82) is 5.41 Å². The molecule has 144 valence electrons. The Morgan fingerprint density at radius 1 is 1.26 bits per heavy atom. The average molecular weight is 400 g/mol. The number of ether oxygens (including phenoxy) is 1. The zero-order chi connectivity index (χ0) is 19.9. The third-order valence-electron chi connectivity index (χ3n) is 3.37. The van der Waals surface area contributed by atoms with Gasteiger partial charge in [0.05, 0.1) is 5.69 Å². The molecule has 27 heavy (non-hydrogen) atoms. The molecule has 2 rings (SSSR count). The van der Waals surface area contributed by atoms with Gasteiger partial charge in [-0.25, -0.2) is 9.97 Å². The van der Waals surface area contributed by atoms with E-state index in [1.54, 1.807) is 13.1 Å². The van der Waals surface area contributed by atoms with E-state index in [9.17, 15) is 13.2 Å². The van der Waals surface area contributed by atoms with E-state index in [1.807, 2.05) is 0 Å². The minimum absolute atomic E-state index is 0.300. The Morgan fingerprint density at radius 3 is 2.59 bits per heavy atom. The molecule has 1 heterocycles. The van der Waals surface area contributed by atoms with E-state index in [0.29, 0.717) is 40.8 Å². The van der Waals surface area contributed by atoms with Gasteiger partial charge in [-0.3, -0.25) is 0 Å². The zero-order valence-electron chi connectivity index (χ0n) is 14.3. The summed E-state index contributed by atoms with van der Waals surface area (Å²) in [6, 6.07) is 5.30. The Balaban J connectivity index is 1.88. The SMILES string of the molecule is Cc1ncnc(NCC/C(C=N)=C/Nc2ccc(OC(F)(F)F)cc2)c1Cl. The first kappa shape index (κ1) is 20.5. The van der Waals surface area contributed by atoms with Crippen LogP contribution in [0.4, 0.5) is 24.7 Å². The van der Waals surface area contributed by atoms with E-state index in [1.165, 1.54) is 36.8 Å². The zero-order valence-corrected chi connectivity index (χ0v) is 15.0. The van der Waals surface area contributed by atoms with Gasteiger partial charge in [0.25, 0.3) is 0 Å². The quantitative estimate of drug-likeness (QED) is 0.556. The van der Waals surface area contributed by atoms with Crippen LogP contribution in [0.3, 0.4) is 0 Å². The van der Waals surface area contributed by atoms with Crippen LogP contribution in [0.2, 0.25) is 5.02 Å². The second-order valence-electron chi connectivity index (χ2n) is 5.38. The maximum Gasteiger partial charge on any atom is 0.573 e. The molecule has 0 radical (unpaired) electrons. The number of hydrogen-bond acceptors (Lipinski definition) is 6. The fourth-order valence-electron chi connectivity index (χ4n) is 2.02. The van der Waals surface area contributed by atoms with Gasteiger partial charge in [0.15, 0.2) is 0 Å². The smallest absolute Gasteiger partial charge is 0.406 e. The largest absolute Gasteiger partial charge is 0.573 e. The van der Waals surface area contributed by atoms with Crippen LogP contribution in [-0.4, -0.2) is 29.1 Å². The first-order valence-electron chi connectivity index (χ1n) is 7.81. The molecule has 0 unspecified atom stereocenters. The molecule has 0 amide bonds. The number of nitrogens with zero attached hydrogens (tertiary/aromatic N) is 2. The molecule has 6 nitrogen and oxygen atoms in total. The van der Waals surface area contributed by atoms with Crippen molar-refractivity contribution in [1.82, 2.24) is 9.97 Å². The van der Waals surface area contributed by atoms with Gasteiger partial charge in [-0.2, -0.15) is 0 Å². The van der Waals surface area contributed by atoms with E-state index in [0.717, 1.165) is 0 Å². The van der Waals surface area contributed by atoms with Crippen molar-refractivity contribution >= 4 is 29.3 Å². The second kappa shape index (κ2) is 9.22. The number of halogens is 4. The van der Waals surface area contributed by atoms with Crippen LogP contribution in [0.25, 0.3) is 0 Å². The van der Waals surface area contributed by atoms with Crippen LogP contribution in [0.1, 0.15) is 12.1 Å². The average Bonchev–Trinajstić information content (AvgIpc) is 2.61. The number of alkyl halides is 3. The van der Waals surface area contributed by atoms with Gasteiger partial charge >= 0.3 is 6.36 Å². The highest BCUT2D eigenvalue weighted by Crippen LogP contribution is 2.24. The predicted octanol–water partition coefficient (Wildman–Crippen LogP) is 4.78. The summed E-state index contributed by atoms with van der Waals surface area (Å²) >= 11 is 6.10. The van der Waals surface area contributed by atoms with Crippen molar-refractivity contribution in [3.05, 3.63) is 53.1 Å². The van der Waals surface area contributed by atoms with Gasteiger partial charge < -0.3 is 20.8 Å². The van der Waals surface area contributed by atoms with Crippen molar-refractivity contribution in [2.45, 2.75) is 19.7 Å². The number of rotatable bonds is 8. The predicted molar refractivity (Wildman–Crippen MR) is 98.5 cm³/mol. The highest BCUT2D eigenvalue weighted by molar-refractivity contribution is 6.33. The highest BCUT2D eigenvalue weighted by atomic mass is 35.5. The molecule has 0 fully saturated rings. The molecule has 3 N–H and O–H groups in total. The van der Waals surface area contributed by atoms with E-state index in [4.69, 9.17) is 17.0 Å². The van der Waals surface area contributed by atoms with Crippen molar-refractivity contribution < 1.29 is 17.9 Å². The maximum absolute atomic E-state index is 12.1. The molecule has 1 aromatic heterocycles. The molecule has 0 atom stereocenters. The molecular formula is C17H17ClF3N5O. The first-order chi connectivity index (χ1) is 12.8. The molecule has 0 saturated carbocycles. The van der Waals surface area contributed by atoms with Gasteiger partial charge in [-0.1, -0.05) is 11.6 Å². The number of benzene rings is 1. The fourth-order valence-corrected chi connectivity index (χ4v) is 2.19. The lowest BCUT2D eigenvalue weighted by atomic mass is 10.2. The highest BCUT2D eigenvalue weighted by Gasteiger charge is 2.30. The molecular weight excluding hydrogens is 383 g/mol. The summed E-state index contributed by atoms with van der Waals surface area (Å²) in [4.78, 5) is 8.03. The van der Waals surface area contributed by atoms with Crippen molar-refractivity contribution in [2.75, 3.05) is 17.2 Å². The van der Waals surface area contributed by atoms with Gasteiger partial charge in [0.1, 0.15) is 22.9 Å². The fraction of sp³-hybridized carbons (Fsp3) is 0.235. The molecule has 0 aliphatic carbocycles. The number of nitrogens with one attached hydrogen (secondary N) is 3. The minimum atomic E-state index is -4.72. The topological polar surface area (TPSA) is 82.9 Å². The van der Waals surface area contributed by atoms with Gasteiger partial charge in [-0.15, -0.1) is 13.2 Å². The summed E-state index contributed by atoms with van der Waals surface area (Å²) < 4.78 is 40.2. The van der Waals surface area contributed by atoms with E-state index >= 15 is 0 Å². The molecule has 0 aliphatic heterocycles. The van der Waals surface area contributed by atoms with Crippen LogP contribution in [0.15, 0.2) is 42.4 Å². The maximum atomic E-state index is 12.1. The Hall–Kier alpha value is -2.81. The minimum Gasteiger partial charge on any atom is -0.406 e. The lowest BCUT2D eigenvalue weighted by molar-refractivity contribution is -0.274. The summed E-state index contributed by atoms with van der Waals surface area (Å²) in [5.74, 6) is 0.215. The van der Waals surface area contributed by atoms with Crippen LogP contribution in [0.5, 0.6) is 5.75 Å². The molecule has 1 aromatic carbocycles. The summed E-state index contributed by atoms with van der Waals surface area (Å²) in [6.45, 7) is 2.25. The Bertz CT molecular complexity index is 809. The molecule has 0 spiro atoms. The van der Waals surface area contributed by atoms with Gasteiger partial charge in [0, 0.05) is 24.6 Å². The summed E-state index contributed by atoms with van der Waals surface area (Å²) in [6.07, 6.45) is -0.0279. The standard InChI is InChI=1S/C17H17ClF3N5O/c1-11-15(18)16(26-10-25-11)23-7-6-12(8-22)9-24-13-2-4-14(5-3-13)27-17(19,20)21/h2-5,8-10,22,24H,6-7H2,1H3,(H,23,25,26)/b12-9-,22-8?. The molecule has 10 heteroatoms. The Kier molecular flexibility index (Phi) is 7.00. The van der Waals surface area contributed by atoms with Crippen LogP contribution in [0, 0.1) is 12.3 Å². The van der Waals surface area contributed by atoms with Crippen LogP contribution >= 0.6 is 11.6 Å². The second-order valence-corrected chi connectivity index (χ2v) is 5.76. The Labute approximate surface area is 158 Å². The molecule has 0 aliphatic rings. The summed E-state index contributed by atoms with van der Waals surface area (Å²) in [5.41, 5.74) is 1.89. The van der Waals surface area contributed by atoms with Crippen LogP contribution < -0.4 is 15.4 Å². The van der Waals surface area contributed by atoms with Crippen molar-refractivity contribution in [3.8, 4) is 5.75 Å². The monoisotopic (exact) mass is 399 g/mol. The van der Waals surface area contributed by atoms with E-state index in [-0.39, 0.29) is 5.75 Å². The molecule has 2 aromatic rings. The van der Waals surface area contributed by atoms with Crippen LogP contribution in [-0.2, 0) is 0 Å².